The molecule has 1 aromatic carbocycles. The molecule has 0 fully saturated rings. The van der Waals surface area contributed by atoms with E-state index in [0.717, 1.165) is 52.3 Å². The number of carbonyl (C=O) groups excluding carboxylic acids is 1. The Morgan fingerprint density at radius 3 is 2.77 bits per heavy atom. The zero-order valence-corrected chi connectivity index (χ0v) is 17.1. The molecule has 5 N–H and O–H groups in total. The lowest BCUT2D eigenvalue weighted by Gasteiger charge is -2.08. The summed E-state index contributed by atoms with van der Waals surface area (Å²) in [4.78, 5) is 20.9. The third kappa shape index (κ3) is 3.40. The van der Waals surface area contributed by atoms with Gasteiger partial charge in [-0.2, -0.15) is 5.10 Å². The minimum atomic E-state index is -0.680. The van der Waals surface area contributed by atoms with Crippen LogP contribution in [0.5, 0.6) is 0 Å². The summed E-state index contributed by atoms with van der Waals surface area (Å²) >= 11 is 1.30. The number of carbonyl (C=O) groups is 1. The summed E-state index contributed by atoms with van der Waals surface area (Å²) in [5, 5.41) is 7.75. The van der Waals surface area contributed by atoms with Crippen LogP contribution in [0, 0.1) is 5.82 Å². The number of para-hydroxylation sites is 1. The van der Waals surface area contributed by atoms with Crippen LogP contribution in [-0.4, -0.2) is 25.8 Å². The molecule has 2 amide bonds. The molecule has 3 aromatic heterocycles. The fourth-order valence-corrected chi connectivity index (χ4v) is 4.87. The molecule has 1 aliphatic carbocycles. The Labute approximate surface area is 180 Å². The number of aromatic nitrogens is 4. The number of amides is 2. The van der Waals surface area contributed by atoms with Crippen LogP contribution >= 0.6 is 11.3 Å². The molecule has 1 aliphatic rings. The van der Waals surface area contributed by atoms with Crippen LogP contribution in [0.1, 0.15) is 17.7 Å². The zero-order valence-electron chi connectivity index (χ0n) is 16.3. The van der Waals surface area contributed by atoms with Gasteiger partial charge in [0.25, 0.3) is 0 Å². The van der Waals surface area contributed by atoms with Gasteiger partial charge in [-0.05, 0) is 43.5 Å². The van der Waals surface area contributed by atoms with Crippen molar-refractivity contribution in [1.82, 2.24) is 19.7 Å². The Kier molecular flexibility index (Phi) is 4.63. The molecule has 0 saturated carbocycles. The molecule has 0 atom stereocenters. The van der Waals surface area contributed by atoms with E-state index in [1.807, 2.05) is 6.07 Å². The topological polar surface area (TPSA) is 125 Å². The maximum atomic E-state index is 14.8. The molecule has 0 radical (unpaired) electrons. The quantitative estimate of drug-likeness (QED) is 0.452. The monoisotopic (exact) mass is 435 g/mol. The van der Waals surface area contributed by atoms with E-state index in [2.05, 4.69) is 15.3 Å². The summed E-state index contributed by atoms with van der Waals surface area (Å²) in [6, 6.07) is 9.38. The SMILES string of the molecule is NC(=O)Nc1nc2c(s1)-c1c(c(-c3ccc(N)nc3)nn1-c1ccccc1F)CCC2. The van der Waals surface area contributed by atoms with Crippen molar-refractivity contribution in [2.75, 3.05) is 11.1 Å². The van der Waals surface area contributed by atoms with Gasteiger partial charge >= 0.3 is 6.03 Å². The van der Waals surface area contributed by atoms with Gasteiger partial charge in [-0.15, -0.1) is 0 Å². The van der Waals surface area contributed by atoms with Crippen LogP contribution in [0.3, 0.4) is 0 Å². The second-order valence-electron chi connectivity index (χ2n) is 7.15. The number of urea groups is 1. The van der Waals surface area contributed by atoms with Crippen LogP contribution in [0.25, 0.3) is 27.5 Å². The second-order valence-corrected chi connectivity index (χ2v) is 8.15. The number of fused-ring (bicyclic) bond motifs is 3. The average Bonchev–Trinajstić information content (AvgIpc) is 3.25. The van der Waals surface area contributed by atoms with Crippen LogP contribution in [0.4, 0.5) is 20.1 Å². The number of halogens is 1. The van der Waals surface area contributed by atoms with Gasteiger partial charge in [0.2, 0.25) is 0 Å². The molecule has 0 unspecified atom stereocenters. The number of anilines is 2. The number of thiazole rings is 1. The molecule has 0 aliphatic heterocycles. The maximum absolute atomic E-state index is 14.8. The summed E-state index contributed by atoms with van der Waals surface area (Å²) in [5.74, 6) is 0.0239. The first kappa shape index (κ1) is 19.2. The molecule has 0 saturated heterocycles. The predicted molar refractivity (Wildman–Crippen MR) is 118 cm³/mol. The van der Waals surface area contributed by atoms with Crippen molar-refractivity contribution in [1.29, 1.82) is 0 Å². The zero-order chi connectivity index (χ0) is 21.5. The van der Waals surface area contributed by atoms with E-state index in [4.69, 9.17) is 16.6 Å². The molecular weight excluding hydrogens is 417 g/mol. The van der Waals surface area contributed by atoms with Gasteiger partial charge in [0.15, 0.2) is 5.13 Å². The van der Waals surface area contributed by atoms with Gasteiger partial charge in [0, 0.05) is 17.3 Å². The van der Waals surface area contributed by atoms with Gasteiger partial charge in [-0.3, -0.25) is 5.32 Å². The summed E-state index contributed by atoms with van der Waals surface area (Å²) in [5.41, 5.74) is 15.4. The molecule has 8 nitrogen and oxygen atoms in total. The lowest BCUT2D eigenvalue weighted by molar-refractivity contribution is 0.259. The highest BCUT2D eigenvalue weighted by Gasteiger charge is 2.29. The number of hydrogen-bond donors (Lipinski definition) is 3. The average molecular weight is 435 g/mol. The van der Waals surface area contributed by atoms with Crippen LogP contribution in [0.2, 0.25) is 0 Å². The Bertz CT molecular complexity index is 1300. The Morgan fingerprint density at radius 2 is 2.03 bits per heavy atom. The number of pyridine rings is 1. The normalized spacial score (nSPS) is 12.7. The van der Waals surface area contributed by atoms with Crippen molar-refractivity contribution < 1.29 is 9.18 Å². The van der Waals surface area contributed by atoms with Crippen LogP contribution < -0.4 is 16.8 Å². The largest absolute Gasteiger partial charge is 0.384 e. The van der Waals surface area contributed by atoms with Crippen molar-refractivity contribution in [3.63, 3.8) is 0 Å². The highest BCUT2D eigenvalue weighted by Crippen LogP contribution is 2.43. The predicted octanol–water partition coefficient (Wildman–Crippen LogP) is 3.76. The van der Waals surface area contributed by atoms with Crippen molar-refractivity contribution >= 4 is 28.3 Å². The molecule has 0 spiro atoms. The smallest absolute Gasteiger partial charge is 0.318 e. The number of nitrogen functional groups attached to an aromatic ring is 1. The first-order chi connectivity index (χ1) is 15.0. The molecule has 3 heterocycles. The number of nitrogens with one attached hydrogen (secondary N) is 1. The molecular formula is C21H18FN7OS. The third-order valence-corrected chi connectivity index (χ3v) is 6.13. The van der Waals surface area contributed by atoms with Crippen LogP contribution in [0.15, 0.2) is 42.6 Å². The molecule has 0 bridgehead atoms. The Morgan fingerprint density at radius 1 is 1.19 bits per heavy atom. The number of rotatable bonds is 3. The fraction of sp³-hybridized carbons (Fsp3) is 0.143. The van der Waals surface area contributed by atoms with Crippen LogP contribution in [-0.2, 0) is 12.8 Å². The molecule has 4 aromatic rings. The van der Waals surface area contributed by atoms with Crippen molar-refractivity contribution in [2.45, 2.75) is 19.3 Å². The Balaban J connectivity index is 1.78. The lowest BCUT2D eigenvalue weighted by atomic mass is 10.0. The molecule has 5 rings (SSSR count). The number of benzene rings is 1. The van der Waals surface area contributed by atoms with E-state index in [0.29, 0.717) is 16.6 Å². The van der Waals surface area contributed by atoms with Gasteiger partial charge in [-0.25, -0.2) is 23.8 Å². The van der Waals surface area contributed by atoms with E-state index in [1.165, 1.54) is 17.4 Å². The highest BCUT2D eigenvalue weighted by molar-refractivity contribution is 7.19. The van der Waals surface area contributed by atoms with Gasteiger partial charge in [-0.1, -0.05) is 23.5 Å². The van der Waals surface area contributed by atoms with E-state index >= 15 is 0 Å². The standard InChI is InChI=1S/C21H18FN7OS/c22-13-5-1-2-7-15(13)29-18-12(17(28-29)11-8-9-16(23)25-10-11)4-3-6-14-19(18)31-21(26-14)27-20(24)30/h1-2,5,7-10H,3-4,6H2,(H2,23,25)(H3,24,26,27,30). The number of primary amides is 1. The number of nitrogens with zero attached hydrogens (tertiary/aromatic N) is 4. The van der Waals surface area contributed by atoms with E-state index in [9.17, 15) is 9.18 Å². The Hall–Kier alpha value is -3.79. The van der Waals surface area contributed by atoms with Gasteiger partial charge < -0.3 is 11.5 Å². The summed E-state index contributed by atoms with van der Waals surface area (Å²) < 4.78 is 16.4. The second kappa shape index (κ2) is 7.47. The summed E-state index contributed by atoms with van der Waals surface area (Å²) in [6.45, 7) is 0. The van der Waals surface area contributed by atoms with Gasteiger partial charge in [0.05, 0.1) is 22.0 Å². The molecule has 10 heteroatoms. The fourth-order valence-electron chi connectivity index (χ4n) is 3.79. The molecule has 31 heavy (non-hydrogen) atoms. The van der Waals surface area contributed by atoms with E-state index in [1.54, 1.807) is 35.1 Å². The maximum Gasteiger partial charge on any atom is 0.318 e. The summed E-state index contributed by atoms with van der Waals surface area (Å²) in [6.07, 6.45) is 3.96. The van der Waals surface area contributed by atoms with Gasteiger partial charge in [0.1, 0.15) is 17.3 Å². The highest BCUT2D eigenvalue weighted by atomic mass is 32.1. The number of hydrogen-bond acceptors (Lipinski definition) is 6. The first-order valence-electron chi connectivity index (χ1n) is 9.66. The van der Waals surface area contributed by atoms with Crippen molar-refractivity contribution in [2.24, 2.45) is 5.73 Å². The van der Waals surface area contributed by atoms with Crippen molar-refractivity contribution in [3.05, 3.63) is 59.7 Å². The van der Waals surface area contributed by atoms with E-state index in [-0.39, 0.29) is 5.82 Å². The van der Waals surface area contributed by atoms with Crippen molar-refractivity contribution in [3.8, 4) is 27.5 Å². The molecule has 156 valence electrons. The summed E-state index contributed by atoms with van der Waals surface area (Å²) in [7, 11) is 0. The minimum Gasteiger partial charge on any atom is -0.384 e. The third-order valence-electron chi connectivity index (χ3n) is 5.11. The lowest BCUT2D eigenvalue weighted by Crippen LogP contribution is -2.19. The number of nitrogens with two attached hydrogens (primary N) is 2. The first-order valence-corrected chi connectivity index (χ1v) is 10.5. The number of aryl methyl sites for hydroxylation is 1. The van der Waals surface area contributed by atoms with E-state index < -0.39 is 6.03 Å². The minimum absolute atomic E-state index is 0.332.